The molecule has 1 unspecified atom stereocenters. The first-order valence-electron chi connectivity index (χ1n) is 7.52. The highest BCUT2D eigenvalue weighted by molar-refractivity contribution is 9.10. The fourth-order valence-corrected chi connectivity index (χ4v) is 2.57. The topological polar surface area (TPSA) is 83.7 Å². The second-order valence-electron chi connectivity index (χ2n) is 5.55. The zero-order chi connectivity index (χ0) is 18.4. The highest BCUT2D eigenvalue weighted by Gasteiger charge is 2.25. The SMILES string of the molecule is CC(C)C(NC(=O)c1ccccc1Cl)C(=O)NN=Cc1ccc(Br)o1. The van der Waals surface area contributed by atoms with Gasteiger partial charge >= 0.3 is 0 Å². The van der Waals surface area contributed by atoms with Gasteiger partial charge in [0.1, 0.15) is 11.8 Å². The van der Waals surface area contributed by atoms with Gasteiger partial charge in [-0.25, -0.2) is 5.43 Å². The molecule has 2 amide bonds. The van der Waals surface area contributed by atoms with Gasteiger partial charge in [0, 0.05) is 0 Å². The Bertz CT molecular complexity index is 789. The summed E-state index contributed by atoms with van der Waals surface area (Å²) in [6.07, 6.45) is 1.37. The molecule has 2 rings (SSSR count). The van der Waals surface area contributed by atoms with E-state index >= 15 is 0 Å². The highest BCUT2D eigenvalue weighted by Crippen LogP contribution is 2.15. The zero-order valence-corrected chi connectivity index (χ0v) is 16.0. The van der Waals surface area contributed by atoms with Crippen molar-refractivity contribution in [3.63, 3.8) is 0 Å². The van der Waals surface area contributed by atoms with E-state index in [1.807, 2.05) is 13.8 Å². The quantitative estimate of drug-likeness (QED) is 0.547. The second-order valence-corrected chi connectivity index (χ2v) is 6.74. The number of amides is 2. The molecule has 6 nitrogen and oxygen atoms in total. The van der Waals surface area contributed by atoms with Crippen LogP contribution in [0, 0.1) is 5.92 Å². The van der Waals surface area contributed by atoms with Gasteiger partial charge in [0.25, 0.3) is 11.8 Å². The number of halogens is 2. The third kappa shape index (κ3) is 5.44. The molecule has 0 spiro atoms. The standard InChI is InChI=1S/C17H17BrClN3O3/c1-10(2)15(21-16(23)12-5-3-4-6-13(12)19)17(24)22-20-9-11-7-8-14(18)25-11/h3-10,15H,1-2H3,(H,21,23)(H,22,24). The van der Waals surface area contributed by atoms with Crippen LogP contribution in [-0.4, -0.2) is 24.1 Å². The van der Waals surface area contributed by atoms with Crippen LogP contribution < -0.4 is 10.7 Å². The Hall–Kier alpha value is -2.12. The van der Waals surface area contributed by atoms with Crippen molar-refractivity contribution in [3.8, 4) is 0 Å². The van der Waals surface area contributed by atoms with Crippen molar-refractivity contribution >= 4 is 45.6 Å². The zero-order valence-electron chi connectivity index (χ0n) is 13.6. The lowest BCUT2D eigenvalue weighted by Gasteiger charge is -2.20. The van der Waals surface area contributed by atoms with Crippen LogP contribution in [0.2, 0.25) is 5.02 Å². The summed E-state index contributed by atoms with van der Waals surface area (Å²) in [5.41, 5.74) is 2.71. The summed E-state index contributed by atoms with van der Waals surface area (Å²) in [4.78, 5) is 24.7. The molecule has 132 valence electrons. The van der Waals surface area contributed by atoms with Crippen molar-refractivity contribution < 1.29 is 14.0 Å². The van der Waals surface area contributed by atoms with Crippen LogP contribution in [0.15, 0.2) is 50.6 Å². The number of hydrazone groups is 1. The summed E-state index contributed by atoms with van der Waals surface area (Å²) in [6.45, 7) is 3.65. The number of hydrogen-bond donors (Lipinski definition) is 2. The van der Waals surface area contributed by atoms with Crippen LogP contribution in [0.1, 0.15) is 30.0 Å². The summed E-state index contributed by atoms with van der Waals surface area (Å²) in [5, 5.41) is 6.85. The van der Waals surface area contributed by atoms with Crippen LogP contribution in [0.5, 0.6) is 0 Å². The third-order valence-electron chi connectivity index (χ3n) is 3.31. The minimum absolute atomic E-state index is 0.139. The molecule has 8 heteroatoms. The van der Waals surface area contributed by atoms with Gasteiger partial charge in [-0.1, -0.05) is 37.6 Å². The molecular weight excluding hydrogens is 410 g/mol. The van der Waals surface area contributed by atoms with Crippen molar-refractivity contribution in [2.45, 2.75) is 19.9 Å². The minimum Gasteiger partial charge on any atom is -0.448 e. The van der Waals surface area contributed by atoms with E-state index in [4.69, 9.17) is 16.0 Å². The van der Waals surface area contributed by atoms with Crippen molar-refractivity contribution in [1.82, 2.24) is 10.7 Å². The van der Waals surface area contributed by atoms with Crippen molar-refractivity contribution in [3.05, 3.63) is 57.4 Å². The first-order valence-corrected chi connectivity index (χ1v) is 8.69. The minimum atomic E-state index is -0.760. The fraction of sp³-hybridized carbons (Fsp3) is 0.235. The number of furan rings is 1. The molecule has 0 saturated carbocycles. The van der Waals surface area contributed by atoms with Crippen LogP contribution in [0.4, 0.5) is 0 Å². The molecule has 1 aromatic heterocycles. The molecule has 2 N–H and O–H groups in total. The molecule has 25 heavy (non-hydrogen) atoms. The molecule has 0 bridgehead atoms. The summed E-state index contributed by atoms with van der Waals surface area (Å²) in [6, 6.07) is 9.30. The maximum absolute atomic E-state index is 12.3. The smallest absolute Gasteiger partial charge is 0.262 e. The number of hydrogen-bond acceptors (Lipinski definition) is 4. The van der Waals surface area contributed by atoms with Gasteiger partial charge in [-0.15, -0.1) is 0 Å². The molecule has 0 aliphatic heterocycles. The lowest BCUT2D eigenvalue weighted by Crippen LogP contribution is -2.48. The van der Waals surface area contributed by atoms with Gasteiger partial charge in [0.2, 0.25) is 0 Å². The Kier molecular flexibility index (Phi) is 6.78. The number of carbonyl (C=O) groups is 2. The average molecular weight is 427 g/mol. The number of nitrogens with one attached hydrogen (secondary N) is 2. The predicted octanol–water partition coefficient (Wildman–Crippen LogP) is 3.60. The second kappa shape index (κ2) is 8.82. The molecule has 1 aromatic carbocycles. The van der Waals surface area contributed by atoms with Crippen LogP contribution in [0.3, 0.4) is 0 Å². The largest absolute Gasteiger partial charge is 0.448 e. The lowest BCUT2D eigenvalue weighted by molar-refractivity contribution is -0.123. The molecule has 1 heterocycles. The molecule has 2 aromatic rings. The maximum atomic E-state index is 12.3. The summed E-state index contributed by atoms with van der Waals surface area (Å²) < 4.78 is 5.80. The van der Waals surface area contributed by atoms with E-state index in [-0.39, 0.29) is 5.92 Å². The van der Waals surface area contributed by atoms with E-state index in [1.54, 1.807) is 36.4 Å². The molecule has 0 aliphatic carbocycles. The molecule has 1 atom stereocenters. The number of carbonyl (C=O) groups excluding carboxylic acids is 2. The van der Waals surface area contributed by atoms with Gasteiger partial charge < -0.3 is 9.73 Å². The van der Waals surface area contributed by atoms with Gasteiger partial charge in [-0.05, 0) is 46.1 Å². The van der Waals surface area contributed by atoms with Crippen LogP contribution in [0.25, 0.3) is 0 Å². The van der Waals surface area contributed by atoms with Gasteiger partial charge in [-0.3, -0.25) is 9.59 Å². The average Bonchev–Trinajstić information content (AvgIpc) is 2.97. The summed E-state index contributed by atoms with van der Waals surface area (Å²) in [5.74, 6) is -0.511. The Morgan fingerprint density at radius 3 is 2.56 bits per heavy atom. The first kappa shape index (κ1) is 19.2. The Morgan fingerprint density at radius 1 is 1.24 bits per heavy atom. The fourth-order valence-electron chi connectivity index (χ4n) is 2.03. The Labute approximate surface area is 158 Å². The third-order valence-corrected chi connectivity index (χ3v) is 4.07. The van der Waals surface area contributed by atoms with Gasteiger partial charge in [-0.2, -0.15) is 5.10 Å². The predicted molar refractivity (Wildman–Crippen MR) is 99.7 cm³/mol. The molecule has 0 aliphatic rings. The monoisotopic (exact) mass is 425 g/mol. The van der Waals surface area contributed by atoms with Crippen LogP contribution in [-0.2, 0) is 4.79 Å². The van der Waals surface area contributed by atoms with E-state index < -0.39 is 17.9 Å². The molecular formula is C17H17BrClN3O3. The van der Waals surface area contributed by atoms with E-state index in [2.05, 4.69) is 31.8 Å². The molecule has 0 fully saturated rings. The number of rotatable bonds is 6. The van der Waals surface area contributed by atoms with E-state index in [1.165, 1.54) is 6.21 Å². The molecule has 0 radical (unpaired) electrons. The lowest BCUT2D eigenvalue weighted by atomic mass is 10.0. The summed E-state index contributed by atoms with van der Waals surface area (Å²) >= 11 is 9.19. The van der Waals surface area contributed by atoms with E-state index in [9.17, 15) is 9.59 Å². The van der Waals surface area contributed by atoms with Crippen LogP contribution >= 0.6 is 27.5 Å². The normalized spacial score (nSPS) is 12.4. The van der Waals surface area contributed by atoms with Crippen molar-refractivity contribution in [2.75, 3.05) is 0 Å². The first-order chi connectivity index (χ1) is 11.9. The van der Waals surface area contributed by atoms with Crippen molar-refractivity contribution in [2.24, 2.45) is 11.0 Å². The highest BCUT2D eigenvalue weighted by atomic mass is 79.9. The van der Waals surface area contributed by atoms with E-state index in [0.29, 0.717) is 21.0 Å². The van der Waals surface area contributed by atoms with Gasteiger partial charge in [0.15, 0.2) is 4.67 Å². The molecule has 0 saturated heterocycles. The van der Waals surface area contributed by atoms with Gasteiger partial charge in [0.05, 0.1) is 16.8 Å². The number of nitrogens with zero attached hydrogens (tertiary/aromatic N) is 1. The maximum Gasteiger partial charge on any atom is 0.262 e. The number of benzene rings is 1. The Morgan fingerprint density at radius 2 is 1.96 bits per heavy atom. The van der Waals surface area contributed by atoms with E-state index in [0.717, 1.165) is 0 Å². The Balaban J connectivity index is 2.02. The summed E-state index contributed by atoms with van der Waals surface area (Å²) in [7, 11) is 0. The van der Waals surface area contributed by atoms with Crippen molar-refractivity contribution in [1.29, 1.82) is 0 Å².